The molecule has 13 heteroatoms. The summed E-state index contributed by atoms with van der Waals surface area (Å²) < 4.78 is 50.2. The Hall–Kier alpha value is -5.04. The van der Waals surface area contributed by atoms with Crippen LogP contribution >= 0.6 is 0 Å². The molecule has 3 aromatic rings. The third kappa shape index (κ3) is 6.03. The summed E-state index contributed by atoms with van der Waals surface area (Å²) in [5, 5.41) is 2.30. The average molecular weight is 622 g/mol. The van der Waals surface area contributed by atoms with E-state index in [0.717, 1.165) is 18.6 Å². The van der Waals surface area contributed by atoms with Crippen LogP contribution in [0.4, 0.5) is 25.0 Å². The maximum Gasteiger partial charge on any atom is 0.418 e. The first kappa shape index (κ1) is 30.0. The number of carbonyl (C=O) groups excluding carboxylic acids is 4. The monoisotopic (exact) mass is 621 g/mol. The molecule has 234 valence electrons. The minimum absolute atomic E-state index is 0.105. The zero-order chi connectivity index (χ0) is 31.7. The third-order valence-corrected chi connectivity index (χ3v) is 7.84. The zero-order valence-electron chi connectivity index (χ0n) is 24.2. The van der Waals surface area contributed by atoms with Gasteiger partial charge in [0.05, 0.1) is 30.7 Å². The number of ether oxygens (including phenoxy) is 4. The van der Waals surface area contributed by atoms with Crippen LogP contribution in [-0.2, 0) is 25.6 Å². The summed E-state index contributed by atoms with van der Waals surface area (Å²) >= 11 is 0. The fourth-order valence-electron chi connectivity index (χ4n) is 5.66. The Morgan fingerprint density at radius 3 is 2.53 bits per heavy atom. The molecule has 6 rings (SSSR count). The van der Waals surface area contributed by atoms with Crippen molar-refractivity contribution in [1.29, 1.82) is 0 Å². The van der Waals surface area contributed by atoms with Gasteiger partial charge in [0.2, 0.25) is 11.8 Å². The van der Waals surface area contributed by atoms with Gasteiger partial charge in [0.15, 0.2) is 17.3 Å². The van der Waals surface area contributed by atoms with E-state index in [1.807, 2.05) is 0 Å². The summed E-state index contributed by atoms with van der Waals surface area (Å²) in [7, 11) is 1.21. The van der Waals surface area contributed by atoms with Crippen LogP contribution < -0.4 is 19.7 Å². The standard InChI is InChI=1S/C32H29F2N3O8/c1-42-32(41)37(20-6-8-21(9-7-20)44-26-12-5-19(33)15-23(26)34)24-10-4-18-16-36(25-11-13-27(38)35-30(25)39)31(40)28(18)29(24)45-22-3-2-14-43-17-22/h4-10,12,15,22,25H,2-3,11,13-14,16-17H2,1H3,(H,35,38,39)/t22-,25?/m1/s1. The van der Waals surface area contributed by atoms with Gasteiger partial charge >= 0.3 is 6.09 Å². The molecule has 2 atom stereocenters. The average Bonchev–Trinajstić information content (AvgIpc) is 3.36. The van der Waals surface area contributed by atoms with Crippen LogP contribution in [0, 0.1) is 11.6 Å². The molecule has 1 unspecified atom stereocenters. The number of nitrogens with one attached hydrogen (secondary N) is 1. The van der Waals surface area contributed by atoms with Gasteiger partial charge in [-0.15, -0.1) is 0 Å². The maximum atomic E-state index is 14.2. The van der Waals surface area contributed by atoms with Crippen LogP contribution in [0.3, 0.4) is 0 Å². The van der Waals surface area contributed by atoms with Crippen molar-refractivity contribution < 1.29 is 46.9 Å². The Morgan fingerprint density at radius 2 is 1.84 bits per heavy atom. The molecule has 0 aliphatic carbocycles. The Kier molecular flexibility index (Phi) is 8.35. The molecule has 3 aromatic carbocycles. The summed E-state index contributed by atoms with van der Waals surface area (Å²) in [6.45, 7) is 0.965. The Labute approximate surface area is 256 Å². The number of benzene rings is 3. The highest BCUT2D eigenvalue weighted by atomic mass is 19.1. The quantitative estimate of drug-likeness (QED) is 0.367. The second kappa shape index (κ2) is 12.5. The molecule has 3 aliphatic heterocycles. The first-order chi connectivity index (χ1) is 21.7. The van der Waals surface area contributed by atoms with E-state index in [1.165, 1.54) is 41.2 Å². The van der Waals surface area contributed by atoms with Crippen LogP contribution in [-0.4, -0.2) is 61.2 Å². The van der Waals surface area contributed by atoms with E-state index >= 15 is 0 Å². The van der Waals surface area contributed by atoms with Gasteiger partial charge in [-0.1, -0.05) is 6.07 Å². The largest absolute Gasteiger partial charge is 0.485 e. The van der Waals surface area contributed by atoms with E-state index in [9.17, 15) is 28.0 Å². The van der Waals surface area contributed by atoms with Crippen LogP contribution in [0.1, 0.15) is 41.6 Å². The van der Waals surface area contributed by atoms with Crippen LogP contribution in [0.2, 0.25) is 0 Å². The minimum atomic E-state index is -0.877. The van der Waals surface area contributed by atoms with E-state index in [0.29, 0.717) is 30.3 Å². The molecule has 0 saturated carbocycles. The van der Waals surface area contributed by atoms with E-state index < -0.39 is 47.6 Å². The van der Waals surface area contributed by atoms with Crippen molar-refractivity contribution in [2.75, 3.05) is 25.2 Å². The molecule has 2 saturated heterocycles. The Balaban J connectivity index is 1.37. The molecule has 11 nitrogen and oxygen atoms in total. The number of carbonyl (C=O) groups is 4. The van der Waals surface area contributed by atoms with Crippen molar-refractivity contribution in [1.82, 2.24) is 10.2 Å². The summed E-state index contributed by atoms with van der Waals surface area (Å²) in [6, 6.07) is 11.5. The first-order valence-electron chi connectivity index (χ1n) is 14.4. The lowest BCUT2D eigenvalue weighted by molar-refractivity contribution is -0.136. The lowest BCUT2D eigenvalue weighted by atomic mass is 10.0. The van der Waals surface area contributed by atoms with Crippen molar-refractivity contribution in [3.63, 3.8) is 0 Å². The lowest BCUT2D eigenvalue weighted by Gasteiger charge is -2.30. The van der Waals surface area contributed by atoms with Gasteiger partial charge in [-0.05, 0) is 67.3 Å². The smallest absolute Gasteiger partial charge is 0.418 e. The molecule has 45 heavy (non-hydrogen) atoms. The number of piperidine rings is 1. The molecule has 3 aliphatic rings. The predicted octanol–water partition coefficient (Wildman–Crippen LogP) is 4.98. The van der Waals surface area contributed by atoms with Gasteiger partial charge in [0, 0.05) is 25.6 Å². The number of nitrogens with zero attached hydrogens (tertiary/aromatic N) is 2. The topological polar surface area (TPSA) is 124 Å². The highest BCUT2D eigenvalue weighted by Crippen LogP contribution is 2.44. The second-order valence-electron chi connectivity index (χ2n) is 10.8. The van der Waals surface area contributed by atoms with E-state index in [-0.39, 0.29) is 54.5 Å². The first-order valence-corrected chi connectivity index (χ1v) is 14.4. The number of methoxy groups -OCH3 is 1. The summed E-state index contributed by atoms with van der Waals surface area (Å²) in [5.74, 6) is -2.87. The minimum Gasteiger partial charge on any atom is -0.485 e. The summed E-state index contributed by atoms with van der Waals surface area (Å²) in [5.41, 5.74) is 1.31. The van der Waals surface area contributed by atoms with Crippen molar-refractivity contribution in [2.45, 2.75) is 44.4 Å². The molecule has 4 amide bonds. The molecular weight excluding hydrogens is 592 g/mol. The highest BCUT2D eigenvalue weighted by molar-refractivity contribution is 6.09. The lowest BCUT2D eigenvalue weighted by Crippen LogP contribution is -2.52. The fraction of sp³-hybridized carbons (Fsp3) is 0.312. The second-order valence-corrected chi connectivity index (χ2v) is 10.8. The van der Waals surface area contributed by atoms with E-state index in [1.54, 1.807) is 12.1 Å². The van der Waals surface area contributed by atoms with Crippen molar-refractivity contribution in [3.05, 3.63) is 77.4 Å². The molecule has 3 heterocycles. The van der Waals surface area contributed by atoms with Gasteiger partial charge in [-0.3, -0.25) is 19.7 Å². The van der Waals surface area contributed by atoms with Crippen LogP contribution in [0.25, 0.3) is 0 Å². The van der Waals surface area contributed by atoms with E-state index in [4.69, 9.17) is 18.9 Å². The number of halogens is 2. The zero-order valence-corrected chi connectivity index (χ0v) is 24.2. The highest BCUT2D eigenvalue weighted by Gasteiger charge is 2.42. The van der Waals surface area contributed by atoms with Crippen molar-refractivity contribution >= 4 is 35.2 Å². The number of hydrogen-bond donors (Lipinski definition) is 1. The van der Waals surface area contributed by atoms with Gasteiger partial charge in [-0.2, -0.15) is 0 Å². The molecule has 0 aromatic heterocycles. The SMILES string of the molecule is COC(=O)N(c1ccc(Oc2ccc(F)cc2F)cc1)c1ccc2c(c1O[C@@H]1CCCOC1)C(=O)N(C1CCC(=O)NC1=O)C2. The van der Waals surface area contributed by atoms with Crippen molar-refractivity contribution in [3.8, 4) is 17.2 Å². The van der Waals surface area contributed by atoms with E-state index in [2.05, 4.69) is 5.32 Å². The van der Waals surface area contributed by atoms with Gasteiger partial charge in [0.1, 0.15) is 23.7 Å². The predicted molar refractivity (Wildman–Crippen MR) is 154 cm³/mol. The fourth-order valence-corrected chi connectivity index (χ4v) is 5.66. The number of amides is 4. The molecule has 0 bridgehead atoms. The molecule has 0 spiro atoms. The van der Waals surface area contributed by atoms with Crippen LogP contribution in [0.15, 0.2) is 54.6 Å². The summed E-state index contributed by atoms with van der Waals surface area (Å²) in [6.07, 6.45) is 0.483. The molecule has 2 fully saturated rings. The number of fused-ring (bicyclic) bond motifs is 1. The van der Waals surface area contributed by atoms with Crippen molar-refractivity contribution in [2.24, 2.45) is 0 Å². The Bertz CT molecular complexity index is 1660. The summed E-state index contributed by atoms with van der Waals surface area (Å²) in [4.78, 5) is 54.3. The van der Waals surface area contributed by atoms with Crippen LogP contribution in [0.5, 0.6) is 17.2 Å². The number of rotatable bonds is 7. The number of imide groups is 1. The Morgan fingerprint density at radius 1 is 1.04 bits per heavy atom. The third-order valence-electron chi connectivity index (χ3n) is 7.84. The van der Waals surface area contributed by atoms with Gasteiger partial charge in [-0.25, -0.2) is 18.5 Å². The van der Waals surface area contributed by atoms with Gasteiger partial charge < -0.3 is 23.8 Å². The normalized spacial score (nSPS) is 19.5. The number of hydrogen-bond acceptors (Lipinski definition) is 8. The molecule has 1 N–H and O–H groups in total. The molecular formula is C32H29F2N3O8. The maximum absolute atomic E-state index is 14.2. The van der Waals surface area contributed by atoms with Gasteiger partial charge in [0.25, 0.3) is 5.91 Å². The number of anilines is 2. The molecule has 0 radical (unpaired) electrons.